The number of halogens is 2. The molecule has 0 bridgehead atoms. The van der Waals surface area contributed by atoms with Crippen molar-refractivity contribution in [2.24, 2.45) is 11.1 Å². The monoisotopic (exact) mass is 353 g/mol. The molecule has 0 aromatic heterocycles. The van der Waals surface area contributed by atoms with E-state index in [0.717, 1.165) is 6.07 Å². The van der Waals surface area contributed by atoms with Crippen molar-refractivity contribution in [2.75, 3.05) is 0 Å². The van der Waals surface area contributed by atoms with Gasteiger partial charge >= 0.3 is 5.97 Å². The van der Waals surface area contributed by atoms with E-state index in [0.29, 0.717) is 12.3 Å². The molecule has 1 rings (SSSR count). The Balaban J connectivity index is 3.16. The summed E-state index contributed by atoms with van der Waals surface area (Å²) in [5.41, 5.74) is -0.194. The lowest BCUT2D eigenvalue weighted by Gasteiger charge is -2.16. The van der Waals surface area contributed by atoms with Gasteiger partial charge in [-0.1, -0.05) is 37.0 Å². The Bertz CT molecular complexity index is 644. The van der Waals surface area contributed by atoms with Crippen molar-refractivity contribution in [3.05, 3.63) is 27.7 Å². The lowest BCUT2D eigenvalue weighted by Crippen LogP contribution is -2.19. The molecule has 118 valence electrons. The van der Waals surface area contributed by atoms with Crippen LogP contribution in [0.25, 0.3) is 0 Å². The average Bonchev–Trinajstić information content (AvgIpc) is 2.25. The van der Waals surface area contributed by atoms with Gasteiger partial charge in [0.15, 0.2) is 0 Å². The number of hydrogen-bond donors (Lipinski definition) is 1. The zero-order valence-electron chi connectivity index (χ0n) is 11.9. The second-order valence-electron chi connectivity index (χ2n) is 5.12. The van der Waals surface area contributed by atoms with Gasteiger partial charge in [-0.15, -0.1) is 0 Å². The van der Waals surface area contributed by atoms with E-state index in [9.17, 15) is 13.2 Å². The number of nitrogens with two attached hydrogens (primary N) is 1. The maximum absolute atomic E-state index is 12.1. The van der Waals surface area contributed by atoms with Gasteiger partial charge in [-0.3, -0.25) is 0 Å². The minimum absolute atomic E-state index is 0.00847. The molecule has 0 spiro atoms. The van der Waals surface area contributed by atoms with E-state index in [2.05, 4.69) is 0 Å². The fourth-order valence-electron chi connectivity index (χ4n) is 1.89. The summed E-state index contributed by atoms with van der Waals surface area (Å²) in [4.78, 5) is 11.8. The van der Waals surface area contributed by atoms with Crippen molar-refractivity contribution in [2.45, 2.75) is 38.2 Å². The fraction of sp³-hybridized carbons (Fsp3) is 0.462. The summed E-state index contributed by atoms with van der Waals surface area (Å²) >= 11 is 11.9. The van der Waals surface area contributed by atoms with Crippen molar-refractivity contribution in [1.29, 1.82) is 0 Å². The number of esters is 1. The molecule has 1 atom stereocenters. The quantitative estimate of drug-likeness (QED) is 0.823. The third-order valence-electron chi connectivity index (χ3n) is 2.68. The van der Waals surface area contributed by atoms with Crippen LogP contribution in [0, 0.1) is 5.92 Å². The van der Waals surface area contributed by atoms with Crippen LogP contribution in [0.4, 0.5) is 0 Å². The molecule has 0 aliphatic heterocycles. The van der Waals surface area contributed by atoms with Gasteiger partial charge in [-0.25, -0.2) is 18.4 Å². The highest BCUT2D eigenvalue weighted by Crippen LogP contribution is 2.31. The van der Waals surface area contributed by atoms with Crippen molar-refractivity contribution in [3.8, 4) is 0 Å². The summed E-state index contributed by atoms with van der Waals surface area (Å²) in [6.07, 6.45) is 0.318. The summed E-state index contributed by atoms with van der Waals surface area (Å²) < 4.78 is 28.0. The molecule has 5 nitrogen and oxygen atoms in total. The molecular weight excluding hydrogens is 337 g/mol. The van der Waals surface area contributed by atoms with E-state index in [1.54, 1.807) is 6.92 Å². The lowest BCUT2D eigenvalue weighted by atomic mass is 10.1. The predicted octanol–water partition coefficient (Wildman–Crippen LogP) is 3.23. The molecule has 0 fully saturated rings. The first-order chi connectivity index (χ1) is 9.54. The Kier molecular flexibility index (Phi) is 6.04. The molecule has 0 aliphatic rings. The minimum atomic E-state index is -4.05. The zero-order chi connectivity index (χ0) is 16.4. The van der Waals surface area contributed by atoms with E-state index in [1.165, 1.54) is 6.07 Å². The van der Waals surface area contributed by atoms with E-state index in [4.69, 9.17) is 33.1 Å². The smallest absolute Gasteiger partial charge is 0.341 e. The topological polar surface area (TPSA) is 86.5 Å². The Morgan fingerprint density at radius 1 is 1.29 bits per heavy atom. The molecule has 0 aliphatic carbocycles. The maximum atomic E-state index is 12.1. The number of primary sulfonamides is 1. The van der Waals surface area contributed by atoms with Crippen molar-refractivity contribution < 1.29 is 17.9 Å². The van der Waals surface area contributed by atoms with Crippen LogP contribution >= 0.6 is 23.2 Å². The molecule has 1 aromatic carbocycles. The number of rotatable bonds is 5. The van der Waals surface area contributed by atoms with Crippen molar-refractivity contribution in [1.82, 2.24) is 0 Å². The van der Waals surface area contributed by atoms with Crippen LogP contribution in [0.2, 0.25) is 10.0 Å². The minimum Gasteiger partial charge on any atom is -0.459 e. The van der Waals surface area contributed by atoms with E-state index in [1.807, 2.05) is 13.8 Å². The van der Waals surface area contributed by atoms with Gasteiger partial charge in [0.2, 0.25) is 10.0 Å². The first-order valence-corrected chi connectivity index (χ1v) is 8.56. The van der Waals surface area contributed by atoms with Crippen LogP contribution < -0.4 is 5.14 Å². The molecular formula is C13H17Cl2NO4S. The third kappa shape index (κ3) is 4.85. The van der Waals surface area contributed by atoms with Gasteiger partial charge in [0.25, 0.3) is 0 Å². The SMILES string of the molecule is CC(C)CC(C)OC(=O)c1c(Cl)ccc(S(N)(=O)=O)c1Cl. The molecule has 0 heterocycles. The van der Waals surface area contributed by atoms with Gasteiger partial charge < -0.3 is 4.74 Å². The molecule has 2 N–H and O–H groups in total. The highest BCUT2D eigenvalue weighted by atomic mass is 35.5. The number of carbonyl (C=O) groups is 1. The molecule has 0 amide bonds. The summed E-state index contributed by atoms with van der Waals surface area (Å²) in [5.74, 6) is -0.432. The first-order valence-electron chi connectivity index (χ1n) is 6.25. The normalized spacial score (nSPS) is 13.3. The zero-order valence-corrected chi connectivity index (χ0v) is 14.2. The second-order valence-corrected chi connectivity index (χ2v) is 7.44. The van der Waals surface area contributed by atoms with Crippen LogP contribution in [0.15, 0.2) is 17.0 Å². The Morgan fingerprint density at radius 2 is 1.86 bits per heavy atom. The molecule has 0 saturated heterocycles. The molecule has 21 heavy (non-hydrogen) atoms. The van der Waals surface area contributed by atoms with Crippen LogP contribution in [0.3, 0.4) is 0 Å². The van der Waals surface area contributed by atoms with E-state index >= 15 is 0 Å². The van der Waals surface area contributed by atoms with Crippen LogP contribution in [-0.4, -0.2) is 20.5 Å². The molecule has 1 unspecified atom stereocenters. The number of benzene rings is 1. The lowest BCUT2D eigenvalue weighted by molar-refractivity contribution is 0.0300. The third-order valence-corrected chi connectivity index (χ3v) is 4.45. The van der Waals surface area contributed by atoms with Gasteiger partial charge in [-0.05, 0) is 31.4 Å². The highest BCUT2D eigenvalue weighted by Gasteiger charge is 2.25. The highest BCUT2D eigenvalue weighted by molar-refractivity contribution is 7.89. The summed E-state index contributed by atoms with van der Waals surface area (Å²) in [5, 5.41) is 4.72. The number of carbonyl (C=O) groups excluding carboxylic acids is 1. The molecule has 1 aromatic rings. The Labute approximate surface area is 134 Å². The first kappa shape index (κ1) is 18.2. The van der Waals surface area contributed by atoms with E-state index < -0.39 is 16.0 Å². The van der Waals surface area contributed by atoms with Crippen LogP contribution in [-0.2, 0) is 14.8 Å². The summed E-state index contributed by atoms with van der Waals surface area (Å²) in [7, 11) is -4.05. The van der Waals surface area contributed by atoms with Gasteiger partial charge in [0.1, 0.15) is 4.90 Å². The number of hydrogen-bond acceptors (Lipinski definition) is 4. The molecule has 0 saturated carbocycles. The Morgan fingerprint density at radius 3 is 2.33 bits per heavy atom. The van der Waals surface area contributed by atoms with Gasteiger partial charge in [0, 0.05) is 0 Å². The Hall–Kier alpha value is -0.820. The summed E-state index contributed by atoms with van der Waals surface area (Å²) in [6, 6.07) is 2.39. The molecule has 0 radical (unpaired) electrons. The van der Waals surface area contributed by atoms with Crippen molar-refractivity contribution >= 4 is 39.2 Å². The average molecular weight is 354 g/mol. The van der Waals surface area contributed by atoms with Gasteiger partial charge in [-0.2, -0.15) is 0 Å². The van der Waals surface area contributed by atoms with Gasteiger partial charge in [0.05, 0.1) is 21.7 Å². The van der Waals surface area contributed by atoms with Crippen LogP contribution in [0.1, 0.15) is 37.6 Å². The van der Waals surface area contributed by atoms with Crippen LogP contribution in [0.5, 0.6) is 0 Å². The van der Waals surface area contributed by atoms with E-state index in [-0.39, 0.29) is 26.6 Å². The largest absolute Gasteiger partial charge is 0.459 e. The molecule has 8 heteroatoms. The fourth-order valence-corrected chi connectivity index (χ4v) is 3.35. The number of ether oxygens (including phenoxy) is 1. The standard InChI is InChI=1S/C13H17Cl2NO4S/c1-7(2)6-8(3)20-13(17)11-9(14)4-5-10(12(11)15)21(16,18)19/h4-5,7-8H,6H2,1-3H3,(H2,16,18,19). The second kappa shape index (κ2) is 6.96. The number of sulfonamides is 1. The van der Waals surface area contributed by atoms with Crippen molar-refractivity contribution in [3.63, 3.8) is 0 Å². The maximum Gasteiger partial charge on any atom is 0.341 e. The summed E-state index contributed by atoms with van der Waals surface area (Å²) in [6.45, 7) is 5.72. The predicted molar refractivity (Wildman–Crippen MR) is 82.2 cm³/mol.